The molecule has 1 aliphatic heterocycles. The molecule has 2 aromatic rings. The SMILES string of the molecule is CC(C)c1ccc(N2C(=O)N[C@@H](CCC(=O)NCc3ccccn3)C2=O)cc1. The summed E-state index contributed by atoms with van der Waals surface area (Å²) in [7, 11) is 0. The van der Waals surface area contributed by atoms with Crippen LogP contribution >= 0.6 is 0 Å². The summed E-state index contributed by atoms with van der Waals surface area (Å²) < 4.78 is 0. The van der Waals surface area contributed by atoms with Gasteiger partial charge in [-0.3, -0.25) is 14.6 Å². The number of rotatable bonds is 7. The number of amides is 4. The summed E-state index contributed by atoms with van der Waals surface area (Å²) in [5, 5.41) is 5.43. The number of nitrogens with one attached hydrogen (secondary N) is 2. The fourth-order valence-corrected chi connectivity index (χ4v) is 3.04. The lowest BCUT2D eigenvalue weighted by molar-refractivity contribution is -0.122. The minimum absolute atomic E-state index is 0.143. The van der Waals surface area contributed by atoms with Crippen LogP contribution in [-0.2, 0) is 16.1 Å². The molecule has 1 saturated heterocycles. The number of anilines is 1. The molecule has 1 aromatic carbocycles. The van der Waals surface area contributed by atoms with Crippen LogP contribution in [0.25, 0.3) is 0 Å². The molecule has 1 aromatic heterocycles. The number of pyridine rings is 1. The molecule has 1 aliphatic rings. The summed E-state index contributed by atoms with van der Waals surface area (Å²) in [6.07, 6.45) is 2.05. The van der Waals surface area contributed by atoms with Gasteiger partial charge in [-0.2, -0.15) is 0 Å². The van der Waals surface area contributed by atoms with Crippen LogP contribution < -0.4 is 15.5 Å². The minimum atomic E-state index is -0.696. The van der Waals surface area contributed by atoms with Crippen molar-refractivity contribution >= 4 is 23.5 Å². The van der Waals surface area contributed by atoms with E-state index in [1.807, 2.05) is 30.3 Å². The third-order valence-corrected chi connectivity index (χ3v) is 4.69. The Morgan fingerprint density at radius 2 is 1.93 bits per heavy atom. The van der Waals surface area contributed by atoms with Gasteiger partial charge in [0.1, 0.15) is 6.04 Å². The smallest absolute Gasteiger partial charge is 0.329 e. The zero-order valence-electron chi connectivity index (χ0n) is 16.0. The predicted octanol–water partition coefficient (Wildman–Crippen LogP) is 2.73. The van der Waals surface area contributed by atoms with E-state index in [1.165, 1.54) is 0 Å². The highest BCUT2D eigenvalue weighted by molar-refractivity contribution is 6.21. The van der Waals surface area contributed by atoms with Gasteiger partial charge in [0.25, 0.3) is 5.91 Å². The van der Waals surface area contributed by atoms with E-state index in [9.17, 15) is 14.4 Å². The maximum atomic E-state index is 12.6. The zero-order valence-corrected chi connectivity index (χ0v) is 16.0. The monoisotopic (exact) mass is 380 g/mol. The molecule has 7 nitrogen and oxygen atoms in total. The molecule has 0 bridgehead atoms. The van der Waals surface area contributed by atoms with Gasteiger partial charge in [-0.15, -0.1) is 0 Å². The van der Waals surface area contributed by atoms with Gasteiger partial charge >= 0.3 is 6.03 Å². The minimum Gasteiger partial charge on any atom is -0.350 e. The third-order valence-electron chi connectivity index (χ3n) is 4.69. The Labute approximate surface area is 164 Å². The number of carbonyl (C=O) groups excluding carboxylic acids is 3. The molecule has 0 aliphatic carbocycles. The van der Waals surface area contributed by atoms with Gasteiger partial charge in [-0.05, 0) is 42.2 Å². The molecule has 0 unspecified atom stereocenters. The maximum Gasteiger partial charge on any atom is 0.329 e. The van der Waals surface area contributed by atoms with Crippen molar-refractivity contribution in [3.63, 3.8) is 0 Å². The highest BCUT2D eigenvalue weighted by atomic mass is 16.2. The van der Waals surface area contributed by atoms with Gasteiger partial charge < -0.3 is 10.6 Å². The first-order valence-corrected chi connectivity index (χ1v) is 9.36. The number of nitrogens with zero attached hydrogens (tertiary/aromatic N) is 2. The van der Waals surface area contributed by atoms with Crippen LogP contribution in [0.15, 0.2) is 48.7 Å². The number of imide groups is 1. The summed E-state index contributed by atoms with van der Waals surface area (Å²) in [4.78, 5) is 42.2. The zero-order chi connectivity index (χ0) is 20.1. The van der Waals surface area contributed by atoms with E-state index in [1.54, 1.807) is 18.3 Å². The Hall–Kier alpha value is -3.22. The number of hydrogen-bond acceptors (Lipinski definition) is 4. The number of benzene rings is 1. The van der Waals surface area contributed by atoms with Crippen molar-refractivity contribution in [2.45, 2.75) is 45.2 Å². The Bertz CT molecular complexity index is 850. The standard InChI is InChI=1S/C21H24N4O3/c1-14(2)15-6-8-17(9-7-15)25-20(27)18(24-21(25)28)10-11-19(26)23-13-16-5-3-4-12-22-16/h3-9,12,14,18H,10-11,13H2,1-2H3,(H,23,26)(H,24,28)/t18-/m0/s1. The highest BCUT2D eigenvalue weighted by Gasteiger charge is 2.38. The van der Waals surface area contributed by atoms with Gasteiger partial charge in [-0.1, -0.05) is 32.0 Å². The molecule has 28 heavy (non-hydrogen) atoms. The molecule has 2 N–H and O–H groups in total. The van der Waals surface area contributed by atoms with Crippen LogP contribution in [0.4, 0.5) is 10.5 Å². The van der Waals surface area contributed by atoms with E-state index < -0.39 is 12.1 Å². The molecule has 3 rings (SSSR count). The first kappa shape index (κ1) is 19.5. The predicted molar refractivity (Wildman–Crippen MR) is 106 cm³/mol. The molecule has 146 valence electrons. The van der Waals surface area contributed by atoms with Crippen molar-refractivity contribution in [3.05, 3.63) is 59.9 Å². The summed E-state index contributed by atoms with van der Waals surface area (Å²) in [5.41, 5.74) is 2.43. The summed E-state index contributed by atoms with van der Waals surface area (Å²) in [6.45, 7) is 4.49. The summed E-state index contributed by atoms with van der Waals surface area (Å²) in [5.74, 6) is -0.151. The average Bonchev–Trinajstić information content (AvgIpc) is 2.99. The molecule has 7 heteroatoms. The van der Waals surface area contributed by atoms with Gasteiger partial charge in [0, 0.05) is 12.6 Å². The van der Waals surface area contributed by atoms with E-state index >= 15 is 0 Å². The van der Waals surface area contributed by atoms with Crippen LogP contribution in [0.3, 0.4) is 0 Å². The van der Waals surface area contributed by atoms with E-state index in [2.05, 4.69) is 29.5 Å². The van der Waals surface area contributed by atoms with Gasteiger partial charge in [0.2, 0.25) is 5.91 Å². The number of hydrogen-bond donors (Lipinski definition) is 2. The van der Waals surface area contributed by atoms with Crippen LogP contribution in [0.2, 0.25) is 0 Å². The van der Waals surface area contributed by atoms with Crippen LogP contribution in [-0.4, -0.2) is 28.9 Å². The normalized spacial score (nSPS) is 16.4. The first-order chi connectivity index (χ1) is 13.5. The third kappa shape index (κ3) is 4.54. The Kier molecular flexibility index (Phi) is 6.03. The summed E-state index contributed by atoms with van der Waals surface area (Å²) >= 11 is 0. The highest BCUT2D eigenvalue weighted by Crippen LogP contribution is 2.24. The molecule has 0 radical (unpaired) electrons. The van der Waals surface area contributed by atoms with Gasteiger partial charge in [-0.25, -0.2) is 9.69 Å². The summed E-state index contributed by atoms with van der Waals surface area (Å²) in [6, 6.07) is 11.7. The van der Waals surface area contributed by atoms with Crippen LogP contribution in [0, 0.1) is 0 Å². The molecule has 4 amide bonds. The number of urea groups is 1. The second kappa shape index (κ2) is 8.65. The Morgan fingerprint density at radius 3 is 2.57 bits per heavy atom. The molecular weight excluding hydrogens is 356 g/mol. The molecule has 1 fully saturated rings. The van der Waals surface area contributed by atoms with Crippen molar-refractivity contribution in [1.29, 1.82) is 0 Å². The fraction of sp³-hybridized carbons (Fsp3) is 0.333. The van der Waals surface area contributed by atoms with E-state index in [-0.39, 0.29) is 24.7 Å². The van der Waals surface area contributed by atoms with Gasteiger partial charge in [0.15, 0.2) is 0 Å². The topological polar surface area (TPSA) is 91.4 Å². The Balaban J connectivity index is 1.54. The largest absolute Gasteiger partial charge is 0.350 e. The molecular formula is C21H24N4O3. The lowest BCUT2D eigenvalue weighted by Gasteiger charge is -2.14. The lowest BCUT2D eigenvalue weighted by atomic mass is 10.0. The molecule has 1 atom stereocenters. The first-order valence-electron chi connectivity index (χ1n) is 9.36. The fourth-order valence-electron chi connectivity index (χ4n) is 3.04. The van der Waals surface area contributed by atoms with Crippen LogP contribution in [0.5, 0.6) is 0 Å². The van der Waals surface area contributed by atoms with E-state index in [0.29, 0.717) is 18.2 Å². The van der Waals surface area contributed by atoms with E-state index in [0.717, 1.165) is 16.2 Å². The van der Waals surface area contributed by atoms with Crippen molar-refractivity contribution in [1.82, 2.24) is 15.6 Å². The second-order valence-corrected chi connectivity index (χ2v) is 7.06. The van der Waals surface area contributed by atoms with Crippen molar-refractivity contribution in [2.75, 3.05) is 4.90 Å². The average molecular weight is 380 g/mol. The molecule has 2 heterocycles. The van der Waals surface area contributed by atoms with Crippen molar-refractivity contribution in [3.8, 4) is 0 Å². The van der Waals surface area contributed by atoms with Crippen LogP contribution in [0.1, 0.15) is 43.9 Å². The van der Waals surface area contributed by atoms with Crippen molar-refractivity contribution < 1.29 is 14.4 Å². The molecule has 0 spiro atoms. The quantitative estimate of drug-likeness (QED) is 0.723. The van der Waals surface area contributed by atoms with Crippen molar-refractivity contribution in [2.24, 2.45) is 0 Å². The van der Waals surface area contributed by atoms with E-state index in [4.69, 9.17) is 0 Å². The molecule has 0 saturated carbocycles. The Morgan fingerprint density at radius 1 is 1.18 bits per heavy atom. The maximum absolute atomic E-state index is 12.6. The second-order valence-electron chi connectivity index (χ2n) is 7.06. The van der Waals surface area contributed by atoms with Gasteiger partial charge in [0.05, 0.1) is 17.9 Å². The number of aromatic nitrogens is 1. The lowest BCUT2D eigenvalue weighted by Crippen LogP contribution is -2.32. The number of carbonyl (C=O) groups is 3.